The molecular formula is C17H11N3O2. The van der Waals surface area contributed by atoms with Gasteiger partial charge in [0, 0.05) is 17.1 Å². The van der Waals surface area contributed by atoms with Crippen LogP contribution >= 0.6 is 0 Å². The minimum atomic E-state index is 0.476. The van der Waals surface area contributed by atoms with Crippen LogP contribution in [0.1, 0.15) is 11.5 Å². The zero-order valence-electron chi connectivity index (χ0n) is 11.5. The van der Waals surface area contributed by atoms with E-state index < -0.39 is 0 Å². The minimum absolute atomic E-state index is 0.476. The van der Waals surface area contributed by atoms with E-state index in [2.05, 4.69) is 15.1 Å². The second-order valence-electron chi connectivity index (χ2n) is 4.72. The fourth-order valence-electron chi connectivity index (χ4n) is 2.15. The Morgan fingerprint density at radius 1 is 1.00 bits per heavy atom. The largest absolute Gasteiger partial charge is 0.464 e. The molecule has 0 unspecified atom stereocenters. The molecule has 0 aliphatic carbocycles. The van der Waals surface area contributed by atoms with Gasteiger partial charge in [-0.2, -0.15) is 4.98 Å². The lowest BCUT2D eigenvalue weighted by Gasteiger charge is -1.93. The lowest BCUT2D eigenvalue weighted by molar-refractivity contribution is 0.429. The summed E-state index contributed by atoms with van der Waals surface area (Å²) in [6.07, 6.45) is 7.00. The highest BCUT2D eigenvalue weighted by molar-refractivity contribution is 5.81. The topological polar surface area (TPSA) is 65.0 Å². The molecule has 0 fully saturated rings. The van der Waals surface area contributed by atoms with Gasteiger partial charge in [0.25, 0.3) is 5.89 Å². The maximum absolute atomic E-state index is 5.32. The van der Waals surface area contributed by atoms with Crippen LogP contribution < -0.4 is 0 Å². The molecule has 1 aromatic carbocycles. The summed E-state index contributed by atoms with van der Waals surface area (Å²) < 4.78 is 10.6. The van der Waals surface area contributed by atoms with E-state index in [4.69, 9.17) is 8.94 Å². The maximum Gasteiger partial charge on any atom is 0.258 e. The molecule has 0 bridgehead atoms. The highest BCUT2D eigenvalue weighted by Crippen LogP contribution is 2.24. The molecule has 22 heavy (non-hydrogen) atoms. The molecule has 0 amide bonds. The number of nitrogens with zero attached hydrogens (tertiary/aromatic N) is 3. The van der Waals surface area contributed by atoms with E-state index in [1.807, 2.05) is 48.5 Å². The average molecular weight is 289 g/mol. The van der Waals surface area contributed by atoms with E-state index in [-0.39, 0.29) is 0 Å². The minimum Gasteiger partial charge on any atom is -0.464 e. The fraction of sp³-hybridized carbons (Fsp3) is 0. The Morgan fingerprint density at radius 3 is 2.91 bits per heavy atom. The monoisotopic (exact) mass is 289 g/mol. The SMILES string of the molecule is C(=C\c1noc(-c2ccc3occc3c2)n1)/c1ccccn1. The Balaban J connectivity index is 1.62. The molecule has 0 atom stereocenters. The van der Waals surface area contributed by atoms with Crippen LogP contribution in [0.3, 0.4) is 0 Å². The van der Waals surface area contributed by atoms with Crippen molar-refractivity contribution >= 4 is 23.1 Å². The number of hydrogen-bond acceptors (Lipinski definition) is 5. The van der Waals surface area contributed by atoms with Gasteiger partial charge in [0.05, 0.1) is 12.0 Å². The molecule has 5 nitrogen and oxygen atoms in total. The van der Waals surface area contributed by atoms with Crippen molar-refractivity contribution in [2.45, 2.75) is 0 Å². The maximum atomic E-state index is 5.32. The second kappa shape index (κ2) is 5.29. The first-order valence-electron chi connectivity index (χ1n) is 6.79. The van der Waals surface area contributed by atoms with Gasteiger partial charge in [0.1, 0.15) is 5.58 Å². The molecule has 0 saturated carbocycles. The van der Waals surface area contributed by atoms with Crippen molar-refractivity contribution in [2.75, 3.05) is 0 Å². The molecule has 106 valence electrons. The summed E-state index contributed by atoms with van der Waals surface area (Å²) in [7, 11) is 0. The Morgan fingerprint density at radius 2 is 2.00 bits per heavy atom. The van der Waals surface area contributed by atoms with Crippen LogP contribution in [0.15, 0.2) is 63.9 Å². The number of benzene rings is 1. The molecule has 3 aromatic heterocycles. The summed E-state index contributed by atoms with van der Waals surface area (Å²) in [6.45, 7) is 0. The van der Waals surface area contributed by atoms with Gasteiger partial charge in [-0.25, -0.2) is 0 Å². The zero-order valence-corrected chi connectivity index (χ0v) is 11.5. The van der Waals surface area contributed by atoms with Gasteiger partial charge in [-0.3, -0.25) is 4.98 Å². The van der Waals surface area contributed by atoms with Gasteiger partial charge in [0.15, 0.2) is 5.82 Å². The number of furan rings is 1. The van der Waals surface area contributed by atoms with Crippen LogP contribution in [0, 0.1) is 0 Å². The summed E-state index contributed by atoms with van der Waals surface area (Å²) in [5.41, 5.74) is 2.53. The van der Waals surface area contributed by atoms with Crippen LogP contribution in [-0.4, -0.2) is 15.1 Å². The summed E-state index contributed by atoms with van der Waals surface area (Å²) in [5, 5.41) is 4.95. The first-order valence-corrected chi connectivity index (χ1v) is 6.79. The Hall–Kier alpha value is -3.21. The molecule has 0 N–H and O–H groups in total. The van der Waals surface area contributed by atoms with E-state index in [1.165, 1.54) is 0 Å². The first-order chi connectivity index (χ1) is 10.9. The van der Waals surface area contributed by atoms with Crippen LogP contribution in [0.4, 0.5) is 0 Å². The van der Waals surface area contributed by atoms with Crippen molar-refractivity contribution in [1.82, 2.24) is 15.1 Å². The molecule has 0 radical (unpaired) electrons. The normalized spacial score (nSPS) is 11.5. The van der Waals surface area contributed by atoms with Crippen molar-refractivity contribution in [3.8, 4) is 11.5 Å². The van der Waals surface area contributed by atoms with Crippen LogP contribution in [0.2, 0.25) is 0 Å². The van der Waals surface area contributed by atoms with Crippen molar-refractivity contribution in [2.24, 2.45) is 0 Å². The summed E-state index contributed by atoms with van der Waals surface area (Å²) >= 11 is 0. The molecule has 5 heteroatoms. The van der Waals surface area contributed by atoms with Gasteiger partial charge in [-0.1, -0.05) is 11.2 Å². The molecule has 0 spiro atoms. The zero-order chi connectivity index (χ0) is 14.8. The Bertz CT molecular complexity index is 939. The highest BCUT2D eigenvalue weighted by atomic mass is 16.5. The van der Waals surface area contributed by atoms with E-state index >= 15 is 0 Å². The summed E-state index contributed by atoms with van der Waals surface area (Å²) in [4.78, 5) is 8.57. The number of hydrogen-bond donors (Lipinski definition) is 0. The number of pyridine rings is 1. The Kier molecular flexibility index (Phi) is 3.01. The standard InChI is InChI=1S/C17H11N3O2/c1-2-9-18-14(3-1)5-7-16-19-17(22-20-16)13-4-6-15-12(11-13)8-10-21-15/h1-11H/b7-5+. The molecule has 4 aromatic rings. The quantitative estimate of drug-likeness (QED) is 0.569. The molecule has 0 saturated heterocycles. The van der Waals surface area contributed by atoms with Gasteiger partial charge >= 0.3 is 0 Å². The van der Waals surface area contributed by atoms with Crippen LogP contribution in [0.5, 0.6) is 0 Å². The van der Waals surface area contributed by atoms with E-state index in [9.17, 15) is 0 Å². The van der Waals surface area contributed by atoms with Crippen molar-refractivity contribution in [3.05, 3.63) is 66.4 Å². The lowest BCUT2D eigenvalue weighted by Crippen LogP contribution is -1.80. The fourth-order valence-corrected chi connectivity index (χ4v) is 2.15. The third kappa shape index (κ3) is 2.40. The van der Waals surface area contributed by atoms with E-state index in [1.54, 1.807) is 18.5 Å². The molecule has 3 heterocycles. The van der Waals surface area contributed by atoms with Crippen molar-refractivity contribution in [1.29, 1.82) is 0 Å². The smallest absolute Gasteiger partial charge is 0.258 e. The van der Waals surface area contributed by atoms with E-state index in [0.29, 0.717) is 11.7 Å². The van der Waals surface area contributed by atoms with Gasteiger partial charge < -0.3 is 8.94 Å². The molecular weight excluding hydrogens is 278 g/mol. The summed E-state index contributed by atoms with van der Waals surface area (Å²) in [6, 6.07) is 13.3. The predicted octanol–water partition coefficient (Wildman–Crippen LogP) is 4.05. The lowest BCUT2D eigenvalue weighted by atomic mass is 10.1. The Labute approximate surface area is 125 Å². The number of fused-ring (bicyclic) bond motifs is 1. The van der Waals surface area contributed by atoms with Gasteiger partial charge in [-0.15, -0.1) is 0 Å². The van der Waals surface area contributed by atoms with Crippen molar-refractivity contribution in [3.63, 3.8) is 0 Å². The number of rotatable bonds is 3. The second-order valence-corrected chi connectivity index (χ2v) is 4.72. The third-order valence-corrected chi connectivity index (χ3v) is 3.23. The molecule has 4 rings (SSSR count). The molecule has 0 aliphatic rings. The number of aromatic nitrogens is 3. The van der Waals surface area contributed by atoms with Crippen LogP contribution in [-0.2, 0) is 0 Å². The van der Waals surface area contributed by atoms with Crippen molar-refractivity contribution < 1.29 is 8.94 Å². The van der Waals surface area contributed by atoms with Gasteiger partial charge in [-0.05, 0) is 48.6 Å². The third-order valence-electron chi connectivity index (χ3n) is 3.23. The van der Waals surface area contributed by atoms with Crippen LogP contribution in [0.25, 0.3) is 34.6 Å². The first kappa shape index (κ1) is 12.5. The van der Waals surface area contributed by atoms with E-state index in [0.717, 1.165) is 22.2 Å². The highest BCUT2D eigenvalue weighted by Gasteiger charge is 2.08. The van der Waals surface area contributed by atoms with Gasteiger partial charge in [0.2, 0.25) is 0 Å². The summed E-state index contributed by atoms with van der Waals surface area (Å²) in [5.74, 6) is 0.983. The predicted molar refractivity (Wildman–Crippen MR) is 82.7 cm³/mol. The average Bonchev–Trinajstić information content (AvgIpc) is 3.22. The molecule has 0 aliphatic heterocycles.